The molecule has 1 N–H and O–H groups in total. The molecule has 1 amide bonds. The summed E-state index contributed by atoms with van der Waals surface area (Å²) in [6.07, 6.45) is -0.384. The van der Waals surface area contributed by atoms with E-state index >= 15 is 0 Å². The van der Waals surface area contributed by atoms with Crippen LogP contribution < -0.4 is 5.32 Å². The highest BCUT2D eigenvalue weighted by molar-refractivity contribution is 6.31. The van der Waals surface area contributed by atoms with Gasteiger partial charge in [-0.15, -0.1) is 0 Å². The van der Waals surface area contributed by atoms with Crippen molar-refractivity contribution >= 4 is 17.7 Å². The van der Waals surface area contributed by atoms with Crippen molar-refractivity contribution in [1.29, 1.82) is 0 Å². The van der Waals surface area contributed by atoms with E-state index in [2.05, 4.69) is 5.32 Å². The van der Waals surface area contributed by atoms with Gasteiger partial charge in [-0.3, -0.25) is 0 Å². The van der Waals surface area contributed by atoms with E-state index in [1.54, 1.807) is 6.07 Å². The molecule has 1 aliphatic rings. The number of benzene rings is 1. The first-order valence-corrected chi connectivity index (χ1v) is 4.33. The van der Waals surface area contributed by atoms with Crippen LogP contribution in [-0.4, -0.2) is 12.7 Å². The van der Waals surface area contributed by atoms with Crippen LogP contribution in [0.4, 0.5) is 4.79 Å². The fourth-order valence-corrected chi connectivity index (χ4v) is 1.58. The van der Waals surface area contributed by atoms with Crippen molar-refractivity contribution in [1.82, 2.24) is 5.32 Å². The zero-order valence-corrected chi connectivity index (χ0v) is 7.54. The molecule has 0 spiro atoms. The van der Waals surface area contributed by atoms with E-state index in [9.17, 15) is 4.79 Å². The van der Waals surface area contributed by atoms with Crippen molar-refractivity contribution in [2.75, 3.05) is 6.61 Å². The molecule has 1 aromatic rings. The smallest absolute Gasteiger partial charge is 0.407 e. The lowest BCUT2D eigenvalue weighted by molar-refractivity contribution is 0.177. The monoisotopic (exact) mass is 197 g/mol. The first-order chi connectivity index (χ1) is 6.27. The highest BCUT2D eigenvalue weighted by Gasteiger charge is 2.24. The summed E-state index contributed by atoms with van der Waals surface area (Å²) < 4.78 is 4.77. The first-order valence-electron chi connectivity index (χ1n) is 3.95. The second-order valence-electron chi connectivity index (χ2n) is 2.82. The number of rotatable bonds is 1. The lowest BCUT2D eigenvalue weighted by Gasteiger charge is -2.08. The summed E-state index contributed by atoms with van der Waals surface area (Å²) in [7, 11) is 0. The summed E-state index contributed by atoms with van der Waals surface area (Å²) in [5.74, 6) is 0. The maximum atomic E-state index is 10.8. The van der Waals surface area contributed by atoms with E-state index in [0.29, 0.717) is 11.6 Å². The maximum absolute atomic E-state index is 10.8. The third-order valence-corrected chi connectivity index (χ3v) is 2.30. The van der Waals surface area contributed by atoms with Crippen LogP contribution in [0, 0.1) is 0 Å². The Hall–Kier alpha value is -1.22. The third-order valence-electron chi connectivity index (χ3n) is 1.95. The summed E-state index contributed by atoms with van der Waals surface area (Å²) in [6.45, 7) is 0.350. The summed E-state index contributed by atoms with van der Waals surface area (Å²) in [5, 5.41) is 3.32. The summed E-state index contributed by atoms with van der Waals surface area (Å²) in [5.41, 5.74) is 0.898. The number of carbonyl (C=O) groups is 1. The molecule has 68 valence electrons. The van der Waals surface area contributed by atoms with Crippen LogP contribution in [0.25, 0.3) is 0 Å². The predicted octanol–water partition coefficient (Wildman–Crippen LogP) is 2.12. The van der Waals surface area contributed by atoms with Crippen molar-refractivity contribution in [2.24, 2.45) is 0 Å². The molecule has 1 atom stereocenters. The van der Waals surface area contributed by atoms with E-state index in [1.165, 1.54) is 0 Å². The second kappa shape index (κ2) is 3.26. The Labute approximate surface area is 80.6 Å². The van der Waals surface area contributed by atoms with Crippen molar-refractivity contribution in [3.8, 4) is 0 Å². The Morgan fingerprint density at radius 2 is 2.23 bits per heavy atom. The molecule has 1 unspecified atom stereocenters. The molecule has 0 bridgehead atoms. The number of alkyl carbamates (subject to hydrolysis) is 1. The molecule has 0 aromatic heterocycles. The SMILES string of the molecule is O=C1NC(c2ccccc2Cl)CO1. The van der Waals surface area contributed by atoms with E-state index in [-0.39, 0.29) is 12.1 Å². The van der Waals surface area contributed by atoms with E-state index in [0.717, 1.165) is 5.56 Å². The van der Waals surface area contributed by atoms with Crippen LogP contribution in [0.15, 0.2) is 24.3 Å². The van der Waals surface area contributed by atoms with Gasteiger partial charge in [0.2, 0.25) is 0 Å². The minimum Gasteiger partial charge on any atom is -0.447 e. The van der Waals surface area contributed by atoms with Crippen LogP contribution in [0.5, 0.6) is 0 Å². The van der Waals surface area contributed by atoms with Crippen LogP contribution >= 0.6 is 11.6 Å². The van der Waals surface area contributed by atoms with Gasteiger partial charge in [0.25, 0.3) is 0 Å². The van der Waals surface area contributed by atoms with Gasteiger partial charge in [0, 0.05) is 5.02 Å². The molecule has 1 fully saturated rings. The number of ether oxygens (including phenoxy) is 1. The average molecular weight is 198 g/mol. The number of halogens is 1. The minimum absolute atomic E-state index is 0.110. The van der Waals surface area contributed by atoms with Crippen molar-refractivity contribution < 1.29 is 9.53 Å². The number of hydrogen-bond acceptors (Lipinski definition) is 2. The Morgan fingerprint density at radius 1 is 1.46 bits per heavy atom. The van der Waals surface area contributed by atoms with E-state index in [4.69, 9.17) is 16.3 Å². The summed E-state index contributed by atoms with van der Waals surface area (Å²) >= 11 is 5.95. The molecule has 0 radical (unpaired) electrons. The molecule has 1 heterocycles. The molecule has 13 heavy (non-hydrogen) atoms. The number of amides is 1. The fourth-order valence-electron chi connectivity index (χ4n) is 1.31. The van der Waals surface area contributed by atoms with Gasteiger partial charge in [-0.25, -0.2) is 4.79 Å². The summed E-state index contributed by atoms with van der Waals surface area (Å²) in [4.78, 5) is 10.8. The second-order valence-corrected chi connectivity index (χ2v) is 3.22. The van der Waals surface area contributed by atoms with Crippen molar-refractivity contribution in [3.63, 3.8) is 0 Å². The molecule has 1 saturated heterocycles. The Kier molecular flexibility index (Phi) is 2.10. The molecule has 1 aromatic carbocycles. The Morgan fingerprint density at radius 3 is 2.85 bits per heavy atom. The Balaban J connectivity index is 2.26. The number of cyclic esters (lactones) is 1. The first kappa shape index (κ1) is 8.38. The molecule has 4 heteroatoms. The number of hydrogen-bond donors (Lipinski definition) is 1. The van der Waals surface area contributed by atoms with Gasteiger partial charge in [-0.1, -0.05) is 29.8 Å². The van der Waals surface area contributed by atoms with Gasteiger partial charge < -0.3 is 10.1 Å². The molecule has 2 rings (SSSR count). The lowest BCUT2D eigenvalue weighted by atomic mass is 10.1. The molecule has 0 aliphatic carbocycles. The molecular weight excluding hydrogens is 190 g/mol. The highest BCUT2D eigenvalue weighted by atomic mass is 35.5. The van der Waals surface area contributed by atoms with E-state index in [1.807, 2.05) is 18.2 Å². The van der Waals surface area contributed by atoms with Crippen molar-refractivity contribution in [3.05, 3.63) is 34.9 Å². The van der Waals surface area contributed by atoms with Gasteiger partial charge in [0.05, 0.1) is 6.04 Å². The van der Waals surface area contributed by atoms with Crippen LogP contribution in [0.2, 0.25) is 5.02 Å². The predicted molar refractivity (Wildman–Crippen MR) is 48.7 cm³/mol. The van der Waals surface area contributed by atoms with Gasteiger partial charge in [-0.2, -0.15) is 0 Å². The third kappa shape index (κ3) is 1.60. The molecular formula is C9H8ClNO2. The van der Waals surface area contributed by atoms with Crippen LogP contribution in [0.3, 0.4) is 0 Å². The largest absolute Gasteiger partial charge is 0.447 e. The number of carbonyl (C=O) groups excluding carboxylic acids is 1. The fraction of sp³-hybridized carbons (Fsp3) is 0.222. The van der Waals surface area contributed by atoms with Crippen LogP contribution in [0.1, 0.15) is 11.6 Å². The number of nitrogens with one attached hydrogen (secondary N) is 1. The molecule has 0 saturated carbocycles. The van der Waals surface area contributed by atoms with Crippen molar-refractivity contribution in [2.45, 2.75) is 6.04 Å². The van der Waals surface area contributed by atoms with Gasteiger partial charge in [0.15, 0.2) is 0 Å². The lowest BCUT2D eigenvalue weighted by Crippen LogP contribution is -2.18. The highest BCUT2D eigenvalue weighted by Crippen LogP contribution is 2.25. The normalized spacial score (nSPS) is 21.0. The topological polar surface area (TPSA) is 38.3 Å². The zero-order chi connectivity index (χ0) is 9.26. The van der Waals surface area contributed by atoms with Gasteiger partial charge in [-0.05, 0) is 11.6 Å². The quantitative estimate of drug-likeness (QED) is 0.749. The molecule has 3 nitrogen and oxygen atoms in total. The average Bonchev–Trinajstić information content (AvgIpc) is 2.53. The van der Waals surface area contributed by atoms with Gasteiger partial charge >= 0.3 is 6.09 Å². The van der Waals surface area contributed by atoms with Crippen LogP contribution in [-0.2, 0) is 4.74 Å². The van der Waals surface area contributed by atoms with Gasteiger partial charge in [0.1, 0.15) is 6.61 Å². The Bertz CT molecular complexity index is 340. The maximum Gasteiger partial charge on any atom is 0.407 e. The van der Waals surface area contributed by atoms with E-state index < -0.39 is 0 Å². The zero-order valence-electron chi connectivity index (χ0n) is 6.79. The molecule has 1 aliphatic heterocycles. The standard InChI is InChI=1S/C9H8ClNO2/c10-7-4-2-1-3-6(7)8-5-13-9(12)11-8/h1-4,8H,5H2,(H,11,12). The minimum atomic E-state index is -0.384. The summed E-state index contributed by atoms with van der Waals surface area (Å²) in [6, 6.07) is 7.29.